The van der Waals surface area contributed by atoms with E-state index in [0.29, 0.717) is 23.9 Å². The van der Waals surface area contributed by atoms with E-state index in [9.17, 15) is 9.90 Å². The van der Waals surface area contributed by atoms with Crippen LogP contribution in [0.3, 0.4) is 0 Å². The molecule has 2 rings (SSSR count). The molecule has 0 spiro atoms. The molecule has 3 N–H and O–H groups in total. The normalized spacial score (nSPS) is 16.3. The molecule has 5 nitrogen and oxygen atoms in total. The lowest BCUT2D eigenvalue weighted by atomic mass is 9.99. The monoisotopic (exact) mass is 326 g/mol. The van der Waals surface area contributed by atoms with Crippen molar-refractivity contribution < 1.29 is 14.6 Å². The van der Waals surface area contributed by atoms with E-state index in [2.05, 4.69) is 10.6 Å². The van der Waals surface area contributed by atoms with Gasteiger partial charge in [-0.2, -0.15) is 0 Å². The van der Waals surface area contributed by atoms with E-state index in [1.807, 2.05) is 13.0 Å². The number of hydrogen-bond acceptors (Lipinski definition) is 3. The summed E-state index contributed by atoms with van der Waals surface area (Å²) >= 11 is 5.96. The lowest BCUT2D eigenvalue weighted by Gasteiger charge is -2.28. The minimum atomic E-state index is -0.465. The number of aliphatic hydroxyl groups is 1. The molecule has 0 atom stereocenters. The first kappa shape index (κ1) is 16.9. The van der Waals surface area contributed by atoms with Gasteiger partial charge >= 0.3 is 6.03 Å². The number of nitrogens with one attached hydrogen (secondary N) is 2. The van der Waals surface area contributed by atoms with E-state index in [-0.39, 0.29) is 12.6 Å². The van der Waals surface area contributed by atoms with Gasteiger partial charge in [0.15, 0.2) is 0 Å². The van der Waals surface area contributed by atoms with Gasteiger partial charge in [-0.05, 0) is 31.9 Å². The second kappa shape index (κ2) is 7.70. The van der Waals surface area contributed by atoms with Gasteiger partial charge in [0.05, 0.1) is 18.8 Å². The summed E-state index contributed by atoms with van der Waals surface area (Å²) < 4.78 is 5.53. The third kappa shape index (κ3) is 4.27. The molecule has 0 aliphatic heterocycles. The molecule has 1 aliphatic carbocycles. The molecule has 1 aliphatic rings. The van der Waals surface area contributed by atoms with Gasteiger partial charge in [0.25, 0.3) is 0 Å². The van der Waals surface area contributed by atoms with Gasteiger partial charge in [0.1, 0.15) is 5.75 Å². The molecule has 0 saturated heterocycles. The Morgan fingerprint density at radius 1 is 1.41 bits per heavy atom. The average Bonchev–Trinajstić information content (AvgIpc) is 2.96. The molecular formula is C16H23ClN2O3. The molecule has 122 valence electrons. The second-order valence-electron chi connectivity index (χ2n) is 5.64. The summed E-state index contributed by atoms with van der Waals surface area (Å²) in [6.45, 7) is 2.76. The van der Waals surface area contributed by atoms with Crippen molar-refractivity contribution >= 4 is 17.6 Å². The number of rotatable bonds is 6. The Hall–Kier alpha value is -1.46. The summed E-state index contributed by atoms with van der Waals surface area (Å²) in [5, 5.41) is 15.8. The predicted molar refractivity (Wildman–Crippen MR) is 86.3 cm³/mol. The SMILES string of the molecule is CCOc1cc(Cl)ccc1CNC(=O)NC1(CO)CCCC1. The van der Waals surface area contributed by atoms with Gasteiger partial charge < -0.3 is 20.5 Å². The molecule has 22 heavy (non-hydrogen) atoms. The van der Waals surface area contributed by atoms with Crippen LogP contribution >= 0.6 is 11.6 Å². The molecule has 0 heterocycles. The number of amides is 2. The molecule has 1 aromatic rings. The maximum absolute atomic E-state index is 12.1. The molecule has 0 aromatic heterocycles. The summed E-state index contributed by atoms with van der Waals surface area (Å²) in [5.41, 5.74) is 0.401. The Kier molecular flexibility index (Phi) is 5.91. The van der Waals surface area contributed by atoms with Gasteiger partial charge in [-0.15, -0.1) is 0 Å². The van der Waals surface area contributed by atoms with E-state index in [4.69, 9.17) is 16.3 Å². The van der Waals surface area contributed by atoms with Crippen molar-refractivity contribution in [2.75, 3.05) is 13.2 Å². The number of urea groups is 1. The molecule has 0 bridgehead atoms. The second-order valence-corrected chi connectivity index (χ2v) is 6.07. The van der Waals surface area contributed by atoms with Crippen LogP contribution < -0.4 is 15.4 Å². The zero-order chi connectivity index (χ0) is 16.0. The highest BCUT2D eigenvalue weighted by Crippen LogP contribution is 2.29. The molecule has 1 fully saturated rings. The Morgan fingerprint density at radius 2 is 2.14 bits per heavy atom. The van der Waals surface area contributed by atoms with E-state index in [0.717, 1.165) is 31.2 Å². The minimum Gasteiger partial charge on any atom is -0.493 e. The number of carbonyl (C=O) groups excluding carboxylic acids is 1. The van der Waals surface area contributed by atoms with Crippen LogP contribution in [0.5, 0.6) is 5.75 Å². The van der Waals surface area contributed by atoms with E-state index in [1.54, 1.807) is 12.1 Å². The molecular weight excluding hydrogens is 304 g/mol. The Balaban J connectivity index is 1.93. The van der Waals surface area contributed by atoms with Crippen molar-refractivity contribution in [3.05, 3.63) is 28.8 Å². The zero-order valence-corrected chi connectivity index (χ0v) is 13.6. The zero-order valence-electron chi connectivity index (χ0n) is 12.8. The topological polar surface area (TPSA) is 70.6 Å². The maximum Gasteiger partial charge on any atom is 0.315 e. The number of carbonyl (C=O) groups is 1. The highest BCUT2D eigenvalue weighted by molar-refractivity contribution is 6.30. The fraction of sp³-hybridized carbons (Fsp3) is 0.562. The van der Waals surface area contributed by atoms with Gasteiger partial charge in [0, 0.05) is 17.1 Å². The van der Waals surface area contributed by atoms with Gasteiger partial charge in [-0.25, -0.2) is 4.79 Å². The largest absolute Gasteiger partial charge is 0.493 e. The minimum absolute atomic E-state index is 0.0223. The fourth-order valence-electron chi connectivity index (χ4n) is 2.80. The van der Waals surface area contributed by atoms with Crippen molar-refractivity contribution in [3.8, 4) is 5.75 Å². The first-order valence-corrected chi connectivity index (χ1v) is 8.04. The summed E-state index contributed by atoms with van der Waals surface area (Å²) in [6.07, 6.45) is 3.71. The predicted octanol–water partition coefficient (Wildman–Crippen LogP) is 2.84. The van der Waals surface area contributed by atoms with Crippen molar-refractivity contribution in [2.24, 2.45) is 0 Å². The quantitative estimate of drug-likeness (QED) is 0.753. The molecule has 1 aromatic carbocycles. The van der Waals surface area contributed by atoms with Crippen LogP contribution in [-0.4, -0.2) is 29.9 Å². The third-order valence-electron chi connectivity index (χ3n) is 4.01. The highest BCUT2D eigenvalue weighted by Gasteiger charge is 2.34. The Labute approximate surface area is 136 Å². The van der Waals surface area contributed by atoms with Crippen molar-refractivity contribution in [1.29, 1.82) is 0 Å². The van der Waals surface area contributed by atoms with Crippen molar-refractivity contribution in [1.82, 2.24) is 10.6 Å². The first-order chi connectivity index (χ1) is 10.6. The Morgan fingerprint density at radius 3 is 2.77 bits per heavy atom. The van der Waals surface area contributed by atoms with E-state index < -0.39 is 5.54 Å². The number of hydrogen-bond donors (Lipinski definition) is 3. The van der Waals surface area contributed by atoms with Gasteiger partial charge in [-0.3, -0.25) is 0 Å². The summed E-state index contributed by atoms with van der Waals surface area (Å²) in [7, 11) is 0. The molecule has 1 saturated carbocycles. The van der Waals surface area contributed by atoms with Gasteiger partial charge in [-0.1, -0.05) is 30.5 Å². The standard InChI is InChI=1S/C16H23ClN2O3/c1-2-22-14-9-13(17)6-5-12(14)10-18-15(21)19-16(11-20)7-3-4-8-16/h5-6,9,20H,2-4,7-8,10-11H2,1H3,(H2,18,19,21). The van der Waals surface area contributed by atoms with Crippen LogP contribution in [0.2, 0.25) is 5.02 Å². The number of ether oxygens (including phenoxy) is 1. The number of benzene rings is 1. The summed E-state index contributed by atoms with van der Waals surface area (Å²) in [6, 6.07) is 5.08. The smallest absolute Gasteiger partial charge is 0.315 e. The van der Waals surface area contributed by atoms with Gasteiger partial charge in [0.2, 0.25) is 0 Å². The molecule has 0 unspecified atom stereocenters. The lowest BCUT2D eigenvalue weighted by Crippen LogP contribution is -2.52. The maximum atomic E-state index is 12.1. The van der Waals surface area contributed by atoms with Crippen LogP contribution in [0.15, 0.2) is 18.2 Å². The molecule has 2 amide bonds. The van der Waals surface area contributed by atoms with Crippen LogP contribution in [0, 0.1) is 0 Å². The van der Waals surface area contributed by atoms with Crippen molar-refractivity contribution in [3.63, 3.8) is 0 Å². The molecule has 0 radical (unpaired) electrons. The van der Waals surface area contributed by atoms with Crippen LogP contribution in [-0.2, 0) is 6.54 Å². The van der Waals surface area contributed by atoms with Crippen LogP contribution in [0.25, 0.3) is 0 Å². The highest BCUT2D eigenvalue weighted by atomic mass is 35.5. The lowest BCUT2D eigenvalue weighted by molar-refractivity contribution is 0.162. The summed E-state index contributed by atoms with van der Waals surface area (Å²) in [5.74, 6) is 0.674. The first-order valence-electron chi connectivity index (χ1n) is 7.67. The van der Waals surface area contributed by atoms with Crippen LogP contribution in [0.1, 0.15) is 38.2 Å². The van der Waals surface area contributed by atoms with E-state index >= 15 is 0 Å². The average molecular weight is 327 g/mol. The molecule has 6 heteroatoms. The number of aliphatic hydroxyl groups excluding tert-OH is 1. The van der Waals surface area contributed by atoms with E-state index in [1.165, 1.54) is 0 Å². The van der Waals surface area contributed by atoms with Crippen molar-refractivity contribution in [2.45, 2.75) is 44.7 Å². The third-order valence-corrected chi connectivity index (χ3v) is 4.25. The number of halogens is 1. The summed E-state index contributed by atoms with van der Waals surface area (Å²) in [4.78, 5) is 12.1. The Bertz CT molecular complexity index is 516. The fourth-order valence-corrected chi connectivity index (χ4v) is 2.96. The van der Waals surface area contributed by atoms with Crippen LogP contribution in [0.4, 0.5) is 4.79 Å².